The molecule has 0 N–H and O–H groups in total. The Morgan fingerprint density at radius 1 is 1.00 bits per heavy atom. The molecule has 2 aliphatic rings. The molecule has 1 aromatic carbocycles. The molecule has 2 atom stereocenters. The molecular formula is C14H17BrO. The first-order chi connectivity index (χ1) is 7.81. The minimum Gasteiger partial charge on any atom is -0.490 e. The molecule has 1 nitrogen and oxygen atoms in total. The maximum Gasteiger partial charge on any atom is 0.119 e. The number of ether oxygens (including phenoxy) is 1. The number of hydrogen-bond acceptors (Lipinski definition) is 1. The third-order valence-electron chi connectivity index (χ3n) is 3.55. The standard InChI is InChI=1S/C14H17BrO/c15-12-4-1-11(9-12)10-2-5-13(6-3-10)16-14-7-8-14/h2-3,5-6,11-12,14H,1,4,7-9H2. The van der Waals surface area contributed by atoms with E-state index in [0.29, 0.717) is 6.10 Å². The predicted molar refractivity (Wildman–Crippen MR) is 69.4 cm³/mol. The van der Waals surface area contributed by atoms with Crippen molar-refractivity contribution in [3.63, 3.8) is 0 Å². The maximum atomic E-state index is 5.75. The average Bonchev–Trinajstić information content (AvgIpc) is 3.00. The van der Waals surface area contributed by atoms with E-state index in [1.807, 2.05) is 0 Å². The molecule has 2 fully saturated rings. The van der Waals surface area contributed by atoms with E-state index in [0.717, 1.165) is 16.5 Å². The maximum absolute atomic E-state index is 5.75. The Morgan fingerprint density at radius 3 is 2.31 bits per heavy atom. The number of hydrogen-bond donors (Lipinski definition) is 0. The first kappa shape index (κ1) is 10.6. The van der Waals surface area contributed by atoms with E-state index >= 15 is 0 Å². The largest absolute Gasteiger partial charge is 0.490 e. The Bertz CT molecular complexity index is 356. The molecule has 16 heavy (non-hydrogen) atoms. The van der Waals surface area contributed by atoms with Crippen LogP contribution in [0.15, 0.2) is 24.3 Å². The molecule has 2 saturated carbocycles. The van der Waals surface area contributed by atoms with E-state index in [-0.39, 0.29) is 0 Å². The first-order valence-electron chi connectivity index (χ1n) is 6.22. The summed E-state index contributed by atoms with van der Waals surface area (Å²) in [5.41, 5.74) is 1.48. The van der Waals surface area contributed by atoms with E-state index in [4.69, 9.17) is 4.74 Å². The van der Waals surface area contributed by atoms with Gasteiger partial charge in [-0.2, -0.15) is 0 Å². The summed E-state index contributed by atoms with van der Waals surface area (Å²) in [6, 6.07) is 8.76. The Kier molecular flexibility index (Phi) is 2.93. The van der Waals surface area contributed by atoms with Gasteiger partial charge in [-0.1, -0.05) is 28.1 Å². The lowest BCUT2D eigenvalue weighted by Crippen LogP contribution is -1.97. The van der Waals surface area contributed by atoms with Crippen molar-refractivity contribution < 1.29 is 4.74 Å². The SMILES string of the molecule is BrC1CCC(c2ccc(OC3CC3)cc2)C1. The number of alkyl halides is 1. The molecule has 0 saturated heterocycles. The van der Waals surface area contributed by atoms with Gasteiger partial charge in [0.1, 0.15) is 5.75 Å². The molecule has 86 valence electrons. The van der Waals surface area contributed by atoms with Crippen molar-refractivity contribution >= 4 is 15.9 Å². The van der Waals surface area contributed by atoms with Crippen LogP contribution in [0, 0.1) is 0 Å². The minimum atomic E-state index is 0.504. The molecule has 0 amide bonds. The molecular weight excluding hydrogens is 264 g/mol. The lowest BCUT2D eigenvalue weighted by Gasteiger charge is -2.11. The molecule has 1 aromatic rings. The summed E-state index contributed by atoms with van der Waals surface area (Å²) in [6.07, 6.45) is 6.88. The molecule has 0 radical (unpaired) electrons. The van der Waals surface area contributed by atoms with Crippen LogP contribution in [0.4, 0.5) is 0 Å². The van der Waals surface area contributed by atoms with E-state index < -0.39 is 0 Å². The lowest BCUT2D eigenvalue weighted by atomic mass is 9.98. The smallest absolute Gasteiger partial charge is 0.119 e. The topological polar surface area (TPSA) is 9.23 Å². The highest BCUT2D eigenvalue weighted by Gasteiger charge is 2.25. The van der Waals surface area contributed by atoms with Crippen molar-refractivity contribution in [3.8, 4) is 5.75 Å². The van der Waals surface area contributed by atoms with Gasteiger partial charge in [0.05, 0.1) is 6.10 Å². The summed E-state index contributed by atoms with van der Waals surface area (Å²) >= 11 is 3.71. The van der Waals surface area contributed by atoms with Gasteiger partial charge in [-0.3, -0.25) is 0 Å². The fourth-order valence-corrected chi connectivity index (χ4v) is 3.14. The van der Waals surface area contributed by atoms with E-state index in [1.165, 1.54) is 37.7 Å². The lowest BCUT2D eigenvalue weighted by molar-refractivity contribution is 0.303. The van der Waals surface area contributed by atoms with E-state index in [9.17, 15) is 0 Å². The highest BCUT2D eigenvalue weighted by molar-refractivity contribution is 9.09. The van der Waals surface area contributed by atoms with Crippen LogP contribution in [0.2, 0.25) is 0 Å². The van der Waals surface area contributed by atoms with Gasteiger partial charge in [0.2, 0.25) is 0 Å². The zero-order chi connectivity index (χ0) is 11.0. The summed E-state index contributed by atoms with van der Waals surface area (Å²) in [5, 5.41) is 0. The average molecular weight is 281 g/mol. The molecule has 0 heterocycles. The molecule has 0 aliphatic heterocycles. The summed E-state index contributed by atoms with van der Waals surface area (Å²) in [6.45, 7) is 0. The molecule has 0 aromatic heterocycles. The van der Waals surface area contributed by atoms with Gasteiger partial charge in [-0.05, 0) is 55.7 Å². The van der Waals surface area contributed by atoms with Crippen molar-refractivity contribution in [1.29, 1.82) is 0 Å². The van der Waals surface area contributed by atoms with Gasteiger partial charge in [-0.25, -0.2) is 0 Å². The summed E-state index contributed by atoms with van der Waals surface area (Å²) in [4.78, 5) is 0.722. The van der Waals surface area contributed by atoms with Crippen LogP contribution in [0.3, 0.4) is 0 Å². The van der Waals surface area contributed by atoms with Crippen LogP contribution < -0.4 is 4.74 Å². The monoisotopic (exact) mass is 280 g/mol. The zero-order valence-corrected chi connectivity index (χ0v) is 10.9. The minimum absolute atomic E-state index is 0.504. The number of benzene rings is 1. The summed E-state index contributed by atoms with van der Waals surface area (Å²) in [5.74, 6) is 1.79. The third-order valence-corrected chi connectivity index (χ3v) is 4.38. The van der Waals surface area contributed by atoms with Gasteiger partial charge in [0.25, 0.3) is 0 Å². The second-order valence-electron chi connectivity index (χ2n) is 4.99. The van der Waals surface area contributed by atoms with Crippen molar-refractivity contribution in [3.05, 3.63) is 29.8 Å². The van der Waals surface area contributed by atoms with Crippen LogP contribution in [0.1, 0.15) is 43.6 Å². The number of halogens is 1. The second kappa shape index (κ2) is 4.40. The van der Waals surface area contributed by atoms with Crippen LogP contribution in [-0.4, -0.2) is 10.9 Å². The summed E-state index contributed by atoms with van der Waals surface area (Å²) in [7, 11) is 0. The van der Waals surface area contributed by atoms with Crippen molar-refractivity contribution in [1.82, 2.24) is 0 Å². The van der Waals surface area contributed by atoms with Gasteiger partial charge in [0, 0.05) is 4.83 Å². The fourth-order valence-electron chi connectivity index (χ4n) is 2.43. The van der Waals surface area contributed by atoms with E-state index in [1.54, 1.807) is 0 Å². The molecule has 3 rings (SSSR count). The Labute approximate surface area is 105 Å². The van der Waals surface area contributed by atoms with Gasteiger partial charge >= 0.3 is 0 Å². The van der Waals surface area contributed by atoms with Gasteiger partial charge < -0.3 is 4.74 Å². The van der Waals surface area contributed by atoms with E-state index in [2.05, 4.69) is 40.2 Å². The second-order valence-corrected chi connectivity index (χ2v) is 6.29. The van der Waals surface area contributed by atoms with Crippen molar-refractivity contribution in [2.75, 3.05) is 0 Å². The third kappa shape index (κ3) is 2.42. The van der Waals surface area contributed by atoms with Gasteiger partial charge in [-0.15, -0.1) is 0 Å². The normalized spacial score (nSPS) is 29.3. The quantitative estimate of drug-likeness (QED) is 0.752. The van der Waals surface area contributed by atoms with Crippen molar-refractivity contribution in [2.45, 2.75) is 49.0 Å². The van der Waals surface area contributed by atoms with Crippen molar-refractivity contribution in [2.24, 2.45) is 0 Å². The van der Waals surface area contributed by atoms with Crippen LogP contribution >= 0.6 is 15.9 Å². The summed E-state index contributed by atoms with van der Waals surface area (Å²) < 4.78 is 5.75. The molecule has 2 unspecified atom stereocenters. The van der Waals surface area contributed by atoms with Crippen LogP contribution in [0.25, 0.3) is 0 Å². The predicted octanol–water partition coefficient (Wildman–Crippen LogP) is 4.26. The zero-order valence-electron chi connectivity index (χ0n) is 9.36. The Balaban J connectivity index is 1.66. The van der Waals surface area contributed by atoms with Crippen LogP contribution in [0.5, 0.6) is 5.75 Å². The molecule has 2 heteroatoms. The number of rotatable bonds is 3. The van der Waals surface area contributed by atoms with Crippen LogP contribution in [-0.2, 0) is 0 Å². The Hall–Kier alpha value is -0.500. The molecule has 0 bridgehead atoms. The highest BCUT2D eigenvalue weighted by atomic mass is 79.9. The fraction of sp³-hybridized carbons (Fsp3) is 0.571. The van der Waals surface area contributed by atoms with Gasteiger partial charge in [0.15, 0.2) is 0 Å². The Morgan fingerprint density at radius 2 is 1.75 bits per heavy atom. The first-order valence-corrected chi connectivity index (χ1v) is 7.13. The molecule has 0 spiro atoms. The molecule has 2 aliphatic carbocycles. The highest BCUT2D eigenvalue weighted by Crippen LogP contribution is 2.38.